The number of carbonyl (C=O) groups excluding carboxylic acids is 1. The van der Waals surface area contributed by atoms with Crippen LogP contribution in [0, 0.1) is 12.8 Å². The number of halogens is 1. The van der Waals surface area contributed by atoms with Crippen molar-refractivity contribution in [1.29, 1.82) is 0 Å². The molecule has 0 radical (unpaired) electrons. The molecule has 1 aromatic carbocycles. The summed E-state index contributed by atoms with van der Waals surface area (Å²) >= 11 is 6.33. The second-order valence-corrected chi connectivity index (χ2v) is 6.25. The third-order valence-electron chi connectivity index (χ3n) is 4.60. The molecule has 0 heterocycles. The van der Waals surface area contributed by atoms with E-state index in [4.69, 9.17) is 17.3 Å². The number of hydrogen-bond acceptors (Lipinski definition) is 2. The Morgan fingerprint density at radius 3 is 2.76 bits per heavy atom. The first kappa shape index (κ1) is 16.3. The maximum Gasteiger partial charge on any atom is 0.255 e. The van der Waals surface area contributed by atoms with Crippen LogP contribution in [0.1, 0.15) is 48.5 Å². The van der Waals surface area contributed by atoms with Crippen molar-refractivity contribution in [2.45, 2.75) is 45.6 Å². The average molecular weight is 309 g/mol. The number of carbonyl (C=O) groups is 1. The Bertz CT molecular complexity index is 504. The van der Waals surface area contributed by atoms with Crippen molar-refractivity contribution in [2.75, 3.05) is 13.1 Å². The molecule has 1 fully saturated rings. The predicted octanol–water partition coefficient (Wildman–Crippen LogP) is 3.63. The summed E-state index contributed by atoms with van der Waals surface area (Å²) in [6.45, 7) is 5.31. The zero-order chi connectivity index (χ0) is 15.4. The van der Waals surface area contributed by atoms with Gasteiger partial charge in [-0.15, -0.1) is 0 Å². The van der Waals surface area contributed by atoms with Crippen LogP contribution in [0.15, 0.2) is 18.2 Å². The molecule has 2 atom stereocenters. The van der Waals surface area contributed by atoms with Gasteiger partial charge in [0.25, 0.3) is 5.91 Å². The topological polar surface area (TPSA) is 46.3 Å². The number of nitrogens with two attached hydrogens (primary N) is 1. The smallest absolute Gasteiger partial charge is 0.255 e. The van der Waals surface area contributed by atoms with Crippen molar-refractivity contribution < 1.29 is 4.79 Å². The molecule has 2 N–H and O–H groups in total. The predicted molar refractivity (Wildman–Crippen MR) is 87.7 cm³/mol. The Morgan fingerprint density at radius 1 is 1.38 bits per heavy atom. The van der Waals surface area contributed by atoms with Crippen LogP contribution in [0.3, 0.4) is 0 Å². The first-order chi connectivity index (χ1) is 10.1. The van der Waals surface area contributed by atoms with Crippen LogP contribution in [0.4, 0.5) is 0 Å². The van der Waals surface area contributed by atoms with Gasteiger partial charge in [0.1, 0.15) is 0 Å². The summed E-state index contributed by atoms with van der Waals surface area (Å²) in [4.78, 5) is 14.9. The number of hydrogen-bond donors (Lipinski definition) is 1. The third-order valence-corrected chi connectivity index (χ3v) is 5.10. The van der Waals surface area contributed by atoms with Crippen molar-refractivity contribution >= 4 is 17.5 Å². The zero-order valence-electron chi connectivity index (χ0n) is 12.9. The minimum Gasteiger partial charge on any atom is -0.336 e. The molecule has 1 aliphatic rings. The lowest BCUT2D eigenvalue weighted by molar-refractivity contribution is 0.0560. The van der Waals surface area contributed by atoms with E-state index in [1.54, 1.807) is 0 Å². The SMILES string of the molecule is CCN(C(=O)c1cccc(C)c1Cl)C1CCCCC1CN. The Balaban J connectivity index is 2.27. The summed E-state index contributed by atoms with van der Waals surface area (Å²) in [5.74, 6) is 0.447. The van der Waals surface area contributed by atoms with Gasteiger partial charge in [-0.3, -0.25) is 4.79 Å². The molecule has 0 aliphatic heterocycles. The van der Waals surface area contributed by atoms with E-state index in [9.17, 15) is 4.79 Å². The Hall–Kier alpha value is -1.06. The van der Waals surface area contributed by atoms with E-state index < -0.39 is 0 Å². The Morgan fingerprint density at radius 2 is 2.10 bits per heavy atom. The van der Waals surface area contributed by atoms with Gasteiger partial charge in [0, 0.05) is 12.6 Å². The number of rotatable bonds is 4. The van der Waals surface area contributed by atoms with Crippen LogP contribution in [-0.2, 0) is 0 Å². The van der Waals surface area contributed by atoms with Gasteiger partial charge < -0.3 is 10.6 Å². The minimum atomic E-state index is 0.0385. The lowest BCUT2D eigenvalue weighted by Gasteiger charge is -2.39. The molecule has 1 saturated carbocycles. The van der Waals surface area contributed by atoms with Crippen molar-refractivity contribution in [3.8, 4) is 0 Å². The van der Waals surface area contributed by atoms with Crippen LogP contribution in [0.25, 0.3) is 0 Å². The van der Waals surface area contributed by atoms with Crippen LogP contribution < -0.4 is 5.73 Å². The molecule has 1 amide bonds. The van der Waals surface area contributed by atoms with E-state index in [0.29, 0.717) is 29.6 Å². The number of benzene rings is 1. The van der Waals surface area contributed by atoms with Gasteiger partial charge in [0.15, 0.2) is 0 Å². The number of amides is 1. The van der Waals surface area contributed by atoms with E-state index in [1.807, 2.05) is 36.9 Å². The maximum atomic E-state index is 12.9. The summed E-state index contributed by atoms with van der Waals surface area (Å²) in [6.07, 6.45) is 4.55. The fourth-order valence-corrected chi connectivity index (χ4v) is 3.58. The van der Waals surface area contributed by atoms with E-state index in [1.165, 1.54) is 12.8 Å². The normalized spacial score (nSPS) is 22.1. The summed E-state index contributed by atoms with van der Waals surface area (Å²) < 4.78 is 0. The second kappa shape index (κ2) is 7.28. The number of nitrogens with zero attached hydrogens (tertiary/aromatic N) is 1. The standard InChI is InChI=1S/C17H25ClN2O/c1-3-20(15-10-5-4-8-13(15)11-19)17(21)14-9-6-7-12(2)16(14)18/h6-7,9,13,15H,3-5,8,10-11,19H2,1-2H3. The fraction of sp³-hybridized carbons (Fsp3) is 0.588. The molecule has 0 bridgehead atoms. The molecule has 116 valence electrons. The fourth-order valence-electron chi connectivity index (χ4n) is 3.37. The van der Waals surface area contributed by atoms with Crippen LogP contribution in [0.2, 0.25) is 5.02 Å². The molecule has 4 heteroatoms. The quantitative estimate of drug-likeness (QED) is 0.923. The highest BCUT2D eigenvalue weighted by Gasteiger charge is 2.32. The highest BCUT2D eigenvalue weighted by molar-refractivity contribution is 6.34. The monoisotopic (exact) mass is 308 g/mol. The minimum absolute atomic E-state index is 0.0385. The van der Waals surface area contributed by atoms with Gasteiger partial charge in [-0.1, -0.05) is 36.6 Å². The highest BCUT2D eigenvalue weighted by atomic mass is 35.5. The van der Waals surface area contributed by atoms with Gasteiger partial charge in [-0.25, -0.2) is 0 Å². The molecule has 1 aromatic rings. The van der Waals surface area contributed by atoms with Gasteiger partial charge in [-0.2, -0.15) is 0 Å². The molecule has 0 spiro atoms. The first-order valence-corrected chi connectivity index (χ1v) is 8.24. The number of aryl methyl sites for hydroxylation is 1. The first-order valence-electron chi connectivity index (χ1n) is 7.86. The average Bonchev–Trinajstić information content (AvgIpc) is 2.51. The van der Waals surface area contributed by atoms with Crippen LogP contribution in [0.5, 0.6) is 0 Å². The van der Waals surface area contributed by atoms with E-state index >= 15 is 0 Å². The zero-order valence-corrected chi connectivity index (χ0v) is 13.7. The molecule has 2 unspecified atom stereocenters. The molecule has 1 aliphatic carbocycles. The van der Waals surface area contributed by atoms with Gasteiger partial charge in [-0.05, 0) is 50.8 Å². The van der Waals surface area contributed by atoms with E-state index in [0.717, 1.165) is 18.4 Å². The molecular weight excluding hydrogens is 284 g/mol. The molecular formula is C17H25ClN2O. The van der Waals surface area contributed by atoms with Crippen LogP contribution in [-0.4, -0.2) is 29.9 Å². The summed E-state index contributed by atoms with van der Waals surface area (Å²) in [6, 6.07) is 5.89. The van der Waals surface area contributed by atoms with Crippen molar-refractivity contribution in [3.05, 3.63) is 34.3 Å². The second-order valence-electron chi connectivity index (χ2n) is 5.88. The van der Waals surface area contributed by atoms with Gasteiger partial charge >= 0.3 is 0 Å². The van der Waals surface area contributed by atoms with Gasteiger partial charge in [0.2, 0.25) is 0 Å². The lowest BCUT2D eigenvalue weighted by Crippen LogP contribution is -2.48. The molecule has 21 heavy (non-hydrogen) atoms. The van der Waals surface area contributed by atoms with Gasteiger partial charge in [0.05, 0.1) is 10.6 Å². The molecule has 2 rings (SSSR count). The maximum absolute atomic E-state index is 12.9. The molecule has 0 saturated heterocycles. The van der Waals surface area contributed by atoms with E-state index in [-0.39, 0.29) is 11.9 Å². The van der Waals surface area contributed by atoms with E-state index in [2.05, 4.69) is 0 Å². The summed E-state index contributed by atoms with van der Waals surface area (Å²) in [5, 5.41) is 0.570. The largest absolute Gasteiger partial charge is 0.336 e. The summed E-state index contributed by atoms with van der Waals surface area (Å²) in [5.41, 5.74) is 7.47. The molecule has 3 nitrogen and oxygen atoms in total. The lowest BCUT2D eigenvalue weighted by atomic mass is 9.83. The highest BCUT2D eigenvalue weighted by Crippen LogP contribution is 2.30. The van der Waals surface area contributed by atoms with Crippen molar-refractivity contribution in [1.82, 2.24) is 4.90 Å². The summed E-state index contributed by atoms with van der Waals surface area (Å²) in [7, 11) is 0. The van der Waals surface area contributed by atoms with Crippen LogP contribution >= 0.6 is 11.6 Å². The Kier molecular flexibility index (Phi) is 5.65. The molecule has 0 aromatic heterocycles. The van der Waals surface area contributed by atoms with Crippen molar-refractivity contribution in [2.24, 2.45) is 11.7 Å². The van der Waals surface area contributed by atoms with Crippen molar-refractivity contribution in [3.63, 3.8) is 0 Å². The Labute approximate surface area is 132 Å². The third kappa shape index (κ3) is 3.41.